The number of oxime groups is 1. The third-order valence-electron chi connectivity index (χ3n) is 3.65. The minimum Gasteiger partial charge on any atom is -0.454 e. The number of aryl methyl sites for hydroxylation is 1. The van der Waals surface area contributed by atoms with Gasteiger partial charge in [-0.2, -0.15) is 0 Å². The van der Waals surface area contributed by atoms with Gasteiger partial charge in [-0.15, -0.1) is 0 Å². The second-order valence-corrected chi connectivity index (χ2v) is 6.64. The van der Waals surface area contributed by atoms with E-state index in [0.29, 0.717) is 17.5 Å². The van der Waals surface area contributed by atoms with Gasteiger partial charge in [-0.25, -0.2) is 9.97 Å². The molecule has 0 spiro atoms. The molecule has 2 heterocycles. The summed E-state index contributed by atoms with van der Waals surface area (Å²) in [4.78, 5) is 9.02. The van der Waals surface area contributed by atoms with Gasteiger partial charge in [-0.05, 0) is 24.1 Å². The Morgan fingerprint density at radius 2 is 2.15 bits per heavy atom. The molecule has 0 aliphatic carbocycles. The molecule has 4 N–H and O–H groups in total. The van der Waals surface area contributed by atoms with Crippen molar-refractivity contribution in [2.24, 2.45) is 10.9 Å². The molecule has 9 heteroatoms. The number of anilines is 1. The molecule has 0 saturated carbocycles. The van der Waals surface area contributed by atoms with Crippen molar-refractivity contribution in [1.29, 1.82) is 0 Å². The standard InChI is InChI=1S/C17H21N5O3S/c1-2-3-12-7-16(21-17(20-12)26-9-15(18)22-23)19-8-11-4-5-13-14(6-11)25-10-24-13/h4-7,23H,2-3,8-10H2,1H3,(H2,18,22)(H,19,20,21). The number of aromatic nitrogens is 2. The largest absolute Gasteiger partial charge is 0.454 e. The SMILES string of the molecule is CCCc1cc(NCc2ccc3c(c2)OCO3)nc(SCC(N)=NO)n1. The predicted octanol–water partition coefficient (Wildman–Crippen LogP) is 2.61. The van der Waals surface area contributed by atoms with Gasteiger partial charge in [0, 0.05) is 18.3 Å². The van der Waals surface area contributed by atoms with Crippen LogP contribution in [0.4, 0.5) is 5.82 Å². The third kappa shape index (κ3) is 4.69. The van der Waals surface area contributed by atoms with E-state index in [0.717, 1.165) is 41.4 Å². The smallest absolute Gasteiger partial charge is 0.231 e. The molecular weight excluding hydrogens is 354 g/mol. The molecular formula is C17H21N5O3S. The average molecular weight is 375 g/mol. The summed E-state index contributed by atoms with van der Waals surface area (Å²) < 4.78 is 10.7. The Bertz CT molecular complexity index is 800. The molecule has 0 saturated heterocycles. The van der Waals surface area contributed by atoms with E-state index < -0.39 is 0 Å². The number of hydrogen-bond donors (Lipinski definition) is 3. The highest BCUT2D eigenvalue weighted by Crippen LogP contribution is 2.32. The number of thioether (sulfide) groups is 1. The summed E-state index contributed by atoms with van der Waals surface area (Å²) >= 11 is 1.33. The maximum Gasteiger partial charge on any atom is 0.231 e. The quantitative estimate of drug-likeness (QED) is 0.161. The fourth-order valence-corrected chi connectivity index (χ4v) is 3.10. The maximum absolute atomic E-state index is 8.66. The molecule has 0 atom stereocenters. The summed E-state index contributed by atoms with van der Waals surface area (Å²) in [6.07, 6.45) is 1.85. The number of nitrogens with one attached hydrogen (secondary N) is 1. The van der Waals surface area contributed by atoms with Gasteiger partial charge in [-0.1, -0.05) is 36.3 Å². The van der Waals surface area contributed by atoms with Crippen LogP contribution in [-0.2, 0) is 13.0 Å². The van der Waals surface area contributed by atoms with Crippen molar-refractivity contribution in [3.63, 3.8) is 0 Å². The number of amidine groups is 1. The predicted molar refractivity (Wildman–Crippen MR) is 100 cm³/mol. The lowest BCUT2D eigenvalue weighted by Crippen LogP contribution is -2.14. The Labute approximate surface area is 155 Å². The first-order valence-corrected chi connectivity index (χ1v) is 9.26. The summed E-state index contributed by atoms with van der Waals surface area (Å²) in [5.41, 5.74) is 7.54. The minimum atomic E-state index is 0.134. The van der Waals surface area contributed by atoms with Crippen LogP contribution in [0.1, 0.15) is 24.6 Å². The molecule has 0 amide bonds. The number of fused-ring (bicyclic) bond motifs is 1. The van der Waals surface area contributed by atoms with Gasteiger partial charge < -0.3 is 25.7 Å². The van der Waals surface area contributed by atoms with Crippen LogP contribution in [0.2, 0.25) is 0 Å². The first-order chi connectivity index (χ1) is 12.7. The molecule has 0 radical (unpaired) electrons. The third-order valence-corrected chi connectivity index (χ3v) is 4.53. The molecule has 138 valence electrons. The van der Waals surface area contributed by atoms with E-state index in [9.17, 15) is 0 Å². The topological polar surface area (TPSA) is 115 Å². The number of nitrogens with zero attached hydrogens (tertiary/aromatic N) is 3. The van der Waals surface area contributed by atoms with Gasteiger partial charge in [0.2, 0.25) is 6.79 Å². The van der Waals surface area contributed by atoms with Crippen molar-refractivity contribution >= 4 is 23.4 Å². The molecule has 1 aliphatic rings. The second kappa shape index (κ2) is 8.61. The van der Waals surface area contributed by atoms with Gasteiger partial charge in [0.25, 0.3) is 0 Å². The van der Waals surface area contributed by atoms with Crippen LogP contribution in [0.25, 0.3) is 0 Å². The van der Waals surface area contributed by atoms with Crippen molar-refractivity contribution in [1.82, 2.24) is 9.97 Å². The maximum atomic E-state index is 8.66. The summed E-state index contributed by atoms with van der Waals surface area (Å²) in [5, 5.41) is 15.5. The van der Waals surface area contributed by atoms with Crippen LogP contribution in [-0.4, -0.2) is 33.6 Å². The van der Waals surface area contributed by atoms with E-state index in [1.165, 1.54) is 11.8 Å². The Balaban J connectivity index is 1.70. The van der Waals surface area contributed by atoms with E-state index in [-0.39, 0.29) is 12.6 Å². The molecule has 1 aromatic carbocycles. The lowest BCUT2D eigenvalue weighted by molar-refractivity contribution is 0.174. The Morgan fingerprint density at radius 3 is 2.96 bits per heavy atom. The summed E-state index contributed by atoms with van der Waals surface area (Å²) in [7, 11) is 0. The van der Waals surface area contributed by atoms with Crippen LogP contribution in [0.15, 0.2) is 34.6 Å². The first kappa shape index (κ1) is 18.1. The minimum absolute atomic E-state index is 0.134. The van der Waals surface area contributed by atoms with Gasteiger partial charge in [0.15, 0.2) is 16.7 Å². The molecule has 0 unspecified atom stereocenters. The van der Waals surface area contributed by atoms with Crippen LogP contribution in [0.3, 0.4) is 0 Å². The van der Waals surface area contributed by atoms with Gasteiger partial charge >= 0.3 is 0 Å². The highest BCUT2D eigenvalue weighted by atomic mass is 32.2. The molecule has 2 aromatic rings. The number of hydrogen-bond acceptors (Lipinski definition) is 8. The van der Waals surface area contributed by atoms with Gasteiger partial charge in [0.1, 0.15) is 11.7 Å². The lowest BCUT2D eigenvalue weighted by atomic mass is 10.2. The summed E-state index contributed by atoms with van der Waals surface area (Å²) in [5.74, 6) is 2.72. The monoisotopic (exact) mass is 375 g/mol. The highest BCUT2D eigenvalue weighted by Gasteiger charge is 2.13. The zero-order valence-corrected chi connectivity index (χ0v) is 15.3. The van der Waals surface area contributed by atoms with Gasteiger partial charge in [0.05, 0.1) is 5.75 Å². The van der Waals surface area contributed by atoms with E-state index in [1.807, 2.05) is 24.3 Å². The van der Waals surface area contributed by atoms with E-state index in [2.05, 4.69) is 27.4 Å². The molecule has 26 heavy (non-hydrogen) atoms. The molecule has 3 rings (SSSR count). The van der Waals surface area contributed by atoms with Crippen LogP contribution >= 0.6 is 11.8 Å². The zero-order valence-electron chi connectivity index (χ0n) is 14.4. The highest BCUT2D eigenvalue weighted by molar-refractivity contribution is 7.99. The Kier molecular flexibility index (Phi) is 6.00. The van der Waals surface area contributed by atoms with Crippen molar-refractivity contribution in [2.45, 2.75) is 31.5 Å². The normalized spacial score (nSPS) is 13.0. The van der Waals surface area contributed by atoms with Crippen LogP contribution in [0, 0.1) is 0 Å². The van der Waals surface area contributed by atoms with E-state index in [1.54, 1.807) is 0 Å². The Morgan fingerprint density at radius 1 is 1.31 bits per heavy atom. The fourth-order valence-electron chi connectivity index (χ4n) is 2.42. The van der Waals surface area contributed by atoms with Crippen LogP contribution in [0.5, 0.6) is 11.5 Å². The average Bonchev–Trinajstić information content (AvgIpc) is 3.12. The molecule has 0 bridgehead atoms. The number of ether oxygens (including phenoxy) is 2. The summed E-state index contributed by atoms with van der Waals surface area (Å²) in [6.45, 7) is 2.97. The molecule has 0 fully saturated rings. The molecule has 1 aliphatic heterocycles. The molecule has 8 nitrogen and oxygen atoms in total. The summed E-state index contributed by atoms with van der Waals surface area (Å²) in [6, 6.07) is 7.80. The van der Waals surface area contributed by atoms with E-state index in [4.69, 9.17) is 20.4 Å². The van der Waals surface area contributed by atoms with Crippen LogP contribution < -0.4 is 20.5 Å². The van der Waals surface area contributed by atoms with Crippen molar-refractivity contribution in [3.05, 3.63) is 35.5 Å². The first-order valence-electron chi connectivity index (χ1n) is 8.27. The Hall–Kier alpha value is -2.68. The zero-order chi connectivity index (χ0) is 18.4. The number of nitrogens with two attached hydrogens (primary N) is 1. The number of benzene rings is 1. The van der Waals surface area contributed by atoms with Gasteiger partial charge in [-0.3, -0.25) is 0 Å². The van der Waals surface area contributed by atoms with Crippen molar-refractivity contribution in [3.8, 4) is 11.5 Å². The fraction of sp³-hybridized carbons (Fsp3) is 0.353. The van der Waals surface area contributed by atoms with E-state index >= 15 is 0 Å². The second-order valence-electron chi connectivity index (χ2n) is 5.70. The lowest BCUT2D eigenvalue weighted by Gasteiger charge is -2.10. The molecule has 1 aromatic heterocycles. The van der Waals surface area contributed by atoms with Crippen molar-refractivity contribution in [2.75, 3.05) is 17.9 Å². The van der Waals surface area contributed by atoms with Crippen molar-refractivity contribution < 1.29 is 14.7 Å². The number of rotatable bonds is 8.